The van der Waals surface area contributed by atoms with Crippen LogP contribution >= 0.6 is 46.1 Å². The predicted molar refractivity (Wildman–Crippen MR) is 89.7 cm³/mol. The Morgan fingerprint density at radius 1 is 1.29 bits per heavy atom. The van der Waals surface area contributed by atoms with Crippen LogP contribution in [0.15, 0.2) is 24.3 Å². The highest BCUT2D eigenvalue weighted by Gasteiger charge is 2.35. The van der Waals surface area contributed by atoms with E-state index in [0.717, 1.165) is 26.9 Å². The molecule has 0 fully saturated rings. The lowest BCUT2D eigenvalue weighted by Gasteiger charge is -2.27. The number of nitrogens with zero attached hydrogens (tertiary/aromatic N) is 1. The van der Waals surface area contributed by atoms with E-state index in [1.54, 1.807) is 17.4 Å². The fraction of sp³-hybridized carbons (Fsp3) is 0.333. The van der Waals surface area contributed by atoms with E-state index in [1.165, 1.54) is 0 Å². The van der Waals surface area contributed by atoms with E-state index in [4.69, 9.17) is 34.8 Å². The molecule has 2 nitrogen and oxygen atoms in total. The molecule has 2 aromatic rings. The summed E-state index contributed by atoms with van der Waals surface area (Å²) in [5.74, 6) is 0. The molecule has 0 aliphatic heterocycles. The van der Waals surface area contributed by atoms with Crippen LogP contribution in [0.1, 0.15) is 22.0 Å². The van der Waals surface area contributed by atoms with E-state index >= 15 is 0 Å². The molecule has 0 saturated carbocycles. The van der Waals surface area contributed by atoms with E-state index in [1.807, 2.05) is 25.2 Å². The van der Waals surface area contributed by atoms with Gasteiger partial charge in [0.2, 0.25) is 0 Å². The molecule has 0 amide bonds. The van der Waals surface area contributed by atoms with Crippen LogP contribution in [0.2, 0.25) is 14.4 Å². The van der Waals surface area contributed by atoms with Gasteiger partial charge in [0.25, 0.3) is 0 Å². The second kappa shape index (κ2) is 6.07. The Hall–Kier alpha value is -0.290. The van der Waals surface area contributed by atoms with Gasteiger partial charge in [0.15, 0.2) is 0 Å². The maximum Gasteiger partial charge on any atom is 0.0931 e. The molecule has 0 radical (unpaired) electrons. The number of rotatable bonds is 3. The largest absolute Gasteiger partial charge is 0.391 e. The van der Waals surface area contributed by atoms with Crippen LogP contribution < -0.4 is 0 Å². The molecule has 3 rings (SSSR count). The van der Waals surface area contributed by atoms with E-state index in [2.05, 4.69) is 4.90 Å². The molecule has 112 valence electrons. The molecule has 0 saturated heterocycles. The minimum absolute atomic E-state index is 0.0999. The molecule has 1 aromatic carbocycles. The highest BCUT2D eigenvalue weighted by atomic mass is 35.5. The van der Waals surface area contributed by atoms with Crippen molar-refractivity contribution >= 4 is 46.1 Å². The third-order valence-electron chi connectivity index (χ3n) is 3.80. The van der Waals surface area contributed by atoms with Crippen molar-refractivity contribution in [2.75, 3.05) is 7.05 Å². The van der Waals surface area contributed by atoms with Gasteiger partial charge in [-0.1, -0.05) is 34.8 Å². The lowest BCUT2D eigenvalue weighted by Crippen LogP contribution is -2.30. The lowest BCUT2D eigenvalue weighted by molar-refractivity contribution is 0.0730. The van der Waals surface area contributed by atoms with Crippen LogP contribution in [0.3, 0.4) is 0 Å². The number of halogens is 3. The molecule has 6 heteroatoms. The molecule has 2 unspecified atom stereocenters. The van der Waals surface area contributed by atoms with Crippen molar-refractivity contribution in [2.24, 2.45) is 0 Å². The third kappa shape index (κ3) is 3.09. The summed E-state index contributed by atoms with van der Waals surface area (Å²) < 4.78 is 0.775. The summed E-state index contributed by atoms with van der Waals surface area (Å²) in [5.41, 5.74) is 2.01. The van der Waals surface area contributed by atoms with Crippen molar-refractivity contribution in [3.05, 3.63) is 54.7 Å². The van der Waals surface area contributed by atoms with E-state index in [9.17, 15) is 5.11 Å². The van der Waals surface area contributed by atoms with Gasteiger partial charge < -0.3 is 5.11 Å². The molecule has 1 N–H and O–H groups in total. The standard InChI is InChI=1S/C15H14Cl3NOS/c1-19(7-9-2-3-14(18)21-9)15-11-4-8(16)5-12(17)10(11)6-13(15)20/h2-5,13,15,20H,6-7H2,1H3. The highest BCUT2D eigenvalue weighted by molar-refractivity contribution is 7.16. The zero-order chi connectivity index (χ0) is 15.1. The van der Waals surface area contributed by atoms with Gasteiger partial charge in [-0.3, -0.25) is 4.90 Å². The first-order valence-corrected chi connectivity index (χ1v) is 8.51. The average molecular weight is 363 g/mol. The molecule has 1 aliphatic carbocycles. The van der Waals surface area contributed by atoms with Crippen molar-refractivity contribution in [3.8, 4) is 0 Å². The van der Waals surface area contributed by atoms with Crippen molar-refractivity contribution in [2.45, 2.75) is 25.1 Å². The van der Waals surface area contributed by atoms with Gasteiger partial charge in [0.05, 0.1) is 16.5 Å². The normalized spacial score (nSPS) is 21.0. The van der Waals surface area contributed by atoms with Crippen molar-refractivity contribution in [1.29, 1.82) is 0 Å². The Balaban J connectivity index is 1.89. The van der Waals surface area contributed by atoms with Crippen molar-refractivity contribution < 1.29 is 5.11 Å². The van der Waals surface area contributed by atoms with Crippen LogP contribution in [0.4, 0.5) is 0 Å². The number of hydrogen-bond donors (Lipinski definition) is 1. The number of aliphatic hydroxyl groups is 1. The molecule has 2 atom stereocenters. The second-order valence-electron chi connectivity index (χ2n) is 5.29. The van der Waals surface area contributed by atoms with Gasteiger partial charge in [-0.15, -0.1) is 11.3 Å². The Morgan fingerprint density at radius 3 is 2.71 bits per heavy atom. The zero-order valence-corrected chi connectivity index (χ0v) is 14.4. The summed E-state index contributed by atoms with van der Waals surface area (Å²) in [5, 5.41) is 11.6. The lowest BCUT2D eigenvalue weighted by atomic mass is 10.1. The summed E-state index contributed by atoms with van der Waals surface area (Å²) in [6, 6.07) is 7.44. The second-order valence-corrected chi connectivity index (χ2v) is 7.94. The van der Waals surface area contributed by atoms with Crippen LogP contribution in [0.25, 0.3) is 0 Å². The maximum atomic E-state index is 10.4. The SMILES string of the molecule is CN(Cc1ccc(Cl)s1)C1c2cc(Cl)cc(Cl)c2CC1O. The molecular formula is C15H14Cl3NOS. The molecular weight excluding hydrogens is 349 g/mol. The number of aliphatic hydroxyl groups excluding tert-OH is 1. The Morgan fingerprint density at radius 2 is 2.05 bits per heavy atom. The third-order valence-corrected chi connectivity index (χ3v) is 5.57. The monoisotopic (exact) mass is 361 g/mol. The van der Waals surface area contributed by atoms with Gasteiger partial charge in [-0.05, 0) is 42.4 Å². The summed E-state index contributed by atoms with van der Waals surface area (Å²) >= 11 is 19.9. The smallest absolute Gasteiger partial charge is 0.0931 e. The first-order valence-electron chi connectivity index (χ1n) is 6.56. The summed E-state index contributed by atoms with van der Waals surface area (Å²) in [7, 11) is 1.99. The number of fused-ring (bicyclic) bond motifs is 1. The van der Waals surface area contributed by atoms with E-state index < -0.39 is 6.10 Å². The van der Waals surface area contributed by atoms with Gasteiger partial charge in [0, 0.05) is 27.9 Å². The topological polar surface area (TPSA) is 23.5 Å². The number of thiophene rings is 1. The Kier molecular flexibility index (Phi) is 4.51. The maximum absolute atomic E-state index is 10.4. The van der Waals surface area contributed by atoms with Gasteiger partial charge in [-0.2, -0.15) is 0 Å². The number of benzene rings is 1. The van der Waals surface area contributed by atoms with Crippen LogP contribution in [-0.2, 0) is 13.0 Å². The first kappa shape index (κ1) is 15.6. The Bertz CT molecular complexity index is 673. The van der Waals surface area contributed by atoms with Crippen LogP contribution in [-0.4, -0.2) is 23.2 Å². The molecule has 0 spiro atoms. The number of hydrogen-bond acceptors (Lipinski definition) is 3. The molecule has 1 heterocycles. The molecule has 1 aromatic heterocycles. The first-order chi connectivity index (χ1) is 9.95. The van der Waals surface area contributed by atoms with E-state index in [-0.39, 0.29) is 6.04 Å². The minimum atomic E-state index is -0.476. The van der Waals surface area contributed by atoms with Crippen molar-refractivity contribution in [1.82, 2.24) is 4.90 Å². The highest BCUT2D eigenvalue weighted by Crippen LogP contribution is 2.41. The quantitative estimate of drug-likeness (QED) is 0.848. The van der Waals surface area contributed by atoms with Gasteiger partial charge >= 0.3 is 0 Å². The molecule has 1 aliphatic rings. The van der Waals surface area contributed by atoms with Gasteiger partial charge in [-0.25, -0.2) is 0 Å². The van der Waals surface area contributed by atoms with Crippen LogP contribution in [0, 0.1) is 0 Å². The van der Waals surface area contributed by atoms with E-state index in [0.29, 0.717) is 16.5 Å². The average Bonchev–Trinajstić information content (AvgIpc) is 2.92. The summed E-state index contributed by atoms with van der Waals surface area (Å²) in [6.07, 6.45) is 0.0855. The Labute approximate surface area is 142 Å². The fourth-order valence-electron chi connectivity index (χ4n) is 2.94. The van der Waals surface area contributed by atoms with Crippen LogP contribution in [0.5, 0.6) is 0 Å². The fourth-order valence-corrected chi connectivity index (χ4v) is 4.68. The zero-order valence-electron chi connectivity index (χ0n) is 11.3. The van der Waals surface area contributed by atoms with Gasteiger partial charge in [0.1, 0.15) is 0 Å². The minimum Gasteiger partial charge on any atom is -0.391 e. The van der Waals surface area contributed by atoms with Crippen molar-refractivity contribution in [3.63, 3.8) is 0 Å². The molecule has 21 heavy (non-hydrogen) atoms. The molecule has 0 bridgehead atoms. The number of likely N-dealkylation sites (N-methyl/N-ethyl adjacent to an activating group) is 1. The summed E-state index contributed by atoms with van der Waals surface area (Å²) in [4.78, 5) is 3.28. The predicted octanol–water partition coefficient (Wildman–Crippen LogP) is 4.80. The summed E-state index contributed by atoms with van der Waals surface area (Å²) in [6.45, 7) is 0.725.